The van der Waals surface area contributed by atoms with Crippen molar-refractivity contribution in [3.8, 4) is 11.1 Å². The lowest BCUT2D eigenvalue weighted by Crippen LogP contribution is -1.85. The van der Waals surface area contributed by atoms with Crippen molar-refractivity contribution in [3.05, 3.63) is 59.7 Å². The summed E-state index contributed by atoms with van der Waals surface area (Å²) in [4.78, 5) is 14.7. The number of rotatable bonds is 3. The molecule has 84 valence electrons. The summed E-state index contributed by atoms with van der Waals surface area (Å²) in [7, 11) is 1.75. The lowest BCUT2D eigenvalue weighted by molar-refractivity contribution is 0.112. The van der Waals surface area contributed by atoms with Crippen LogP contribution in [0.25, 0.3) is 11.1 Å². The highest BCUT2D eigenvalue weighted by molar-refractivity contribution is 5.83. The SMILES string of the molecule is CN=Cc1cccc(-c2cccc(C=O)c2)c1. The Morgan fingerprint density at radius 1 is 0.941 bits per heavy atom. The molecule has 0 N–H and O–H groups in total. The Bertz CT molecular complexity index is 558. The number of carbonyl (C=O) groups excluding carboxylic acids is 1. The van der Waals surface area contributed by atoms with Gasteiger partial charge in [0.2, 0.25) is 0 Å². The lowest BCUT2D eigenvalue weighted by Gasteiger charge is -2.03. The van der Waals surface area contributed by atoms with Crippen LogP contribution in [0.4, 0.5) is 0 Å². The molecule has 0 fully saturated rings. The maximum absolute atomic E-state index is 10.7. The first-order valence-electron chi connectivity index (χ1n) is 5.41. The summed E-state index contributed by atoms with van der Waals surface area (Å²) in [5.41, 5.74) is 3.88. The minimum absolute atomic E-state index is 0.692. The van der Waals surface area contributed by atoms with Gasteiger partial charge in [-0.1, -0.05) is 36.4 Å². The van der Waals surface area contributed by atoms with Crippen LogP contribution in [0.2, 0.25) is 0 Å². The molecule has 0 aliphatic carbocycles. The second-order valence-corrected chi connectivity index (χ2v) is 3.76. The Labute approximate surface area is 101 Å². The number of benzene rings is 2. The van der Waals surface area contributed by atoms with E-state index in [9.17, 15) is 4.79 Å². The van der Waals surface area contributed by atoms with Gasteiger partial charge in [0, 0.05) is 18.8 Å². The van der Waals surface area contributed by atoms with Crippen LogP contribution in [0.3, 0.4) is 0 Å². The standard InChI is InChI=1S/C15H13NO/c1-16-10-12-4-2-6-14(8-12)15-7-3-5-13(9-15)11-17/h2-11H,1H3. The van der Waals surface area contributed by atoms with Crippen LogP contribution >= 0.6 is 0 Å². The van der Waals surface area contributed by atoms with E-state index in [0.29, 0.717) is 5.56 Å². The average molecular weight is 223 g/mol. The van der Waals surface area contributed by atoms with Crippen molar-refractivity contribution in [2.24, 2.45) is 4.99 Å². The molecule has 0 bridgehead atoms. The summed E-state index contributed by atoms with van der Waals surface area (Å²) in [6, 6.07) is 15.6. The fourth-order valence-electron chi connectivity index (χ4n) is 1.74. The van der Waals surface area contributed by atoms with Gasteiger partial charge in [0.05, 0.1) is 0 Å². The molecule has 0 heterocycles. The smallest absolute Gasteiger partial charge is 0.150 e. The molecule has 2 aromatic carbocycles. The van der Waals surface area contributed by atoms with Gasteiger partial charge in [-0.05, 0) is 28.8 Å². The van der Waals surface area contributed by atoms with Gasteiger partial charge >= 0.3 is 0 Å². The van der Waals surface area contributed by atoms with Crippen molar-refractivity contribution >= 4 is 12.5 Å². The van der Waals surface area contributed by atoms with Crippen LogP contribution in [0.15, 0.2) is 53.5 Å². The Morgan fingerprint density at radius 3 is 2.12 bits per heavy atom. The number of carbonyl (C=O) groups is 1. The van der Waals surface area contributed by atoms with Crippen LogP contribution in [-0.2, 0) is 0 Å². The molecular formula is C15H13NO. The topological polar surface area (TPSA) is 29.4 Å². The van der Waals surface area contributed by atoms with Crippen molar-refractivity contribution in [2.75, 3.05) is 7.05 Å². The molecule has 0 amide bonds. The highest BCUT2D eigenvalue weighted by Gasteiger charge is 1.99. The van der Waals surface area contributed by atoms with Crippen molar-refractivity contribution < 1.29 is 4.79 Å². The largest absolute Gasteiger partial charge is 0.298 e. The van der Waals surface area contributed by atoms with E-state index < -0.39 is 0 Å². The molecule has 0 aliphatic heterocycles. The van der Waals surface area contributed by atoms with E-state index in [1.165, 1.54) is 0 Å². The zero-order valence-corrected chi connectivity index (χ0v) is 9.63. The molecule has 2 heteroatoms. The third kappa shape index (κ3) is 2.67. The van der Waals surface area contributed by atoms with E-state index in [1.54, 1.807) is 13.1 Å². The fourth-order valence-corrected chi connectivity index (χ4v) is 1.74. The number of hydrogen-bond donors (Lipinski definition) is 0. The van der Waals surface area contributed by atoms with E-state index in [1.807, 2.05) is 42.6 Å². The maximum Gasteiger partial charge on any atom is 0.150 e. The first kappa shape index (κ1) is 11.3. The zero-order valence-electron chi connectivity index (χ0n) is 9.63. The van der Waals surface area contributed by atoms with E-state index >= 15 is 0 Å². The van der Waals surface area contributed by atoms with Crippen molar-refractivity contribution in [2.45, 2.75) is 0 Å². The second-order valence-electron chi connectivity index (χ2n) is 3.76. The zero-order chi connectivity index (χ0) is 12.1. The van der Waals surface area contributed by atoms with E-state index in [2.05, 4.69) is 11.1 Å². The van der Waals surface area contributed by atoms with E-state index in [0.717, 1.165) is 23.0 Å². The molecule has 0 saturated carbocycles. The predicted molar refractivity (Wildman–Crippen MR) is 70.8 cm³/mol. The van der Waals surface area contributed by atoms with Gasteiger partial charge in [0.15, 0.2) is 0 Å². The Hall–Kier alpha value is -2.22. The van der Waals surface area contributed by atoms with Gasteiger partial charge in [-0.25, -0.2) is 0 Å². The highest BCUT2D eigenvalue weighted by atomic mass is 16.1. The van der Waals surface area contributed by atoms with Gasteiger partial charge in [-0.2, -0.15) is 0 Å². The van der Waals surface area contributed by atoms with E-state index in [4.69, 9.17) is 0 Å². The molecule has 0 aromatic heterocycles. The van der Waals surface area contributed by atoms with Crippen LogP contribution in [-0.4, -0.2) is 19.5 Å². The molecule has 2 aromatic rings. The quantitative estimate of drug-likeness (QED) is 0.580. The minimum Gasteiger partial charge on any atom is -0.298 e. The number of aliphatic imine (C=N–C) groups is 1. The highest BCUT2D eigenvalue weighted by Crippen LogP contribution is 2.20. The second kappa shape index (κ2) is 5.21. The van der Waals surface area contributed by atoms with Gasteiger partial charge in [0.1, 0.15) is 6.29 Å². The normalized spacial score (nSPS) is 10.6. The minimum atomic E-state index is 0.692. The van der Waals surface area contributed by atoms with Gasteiger partial charge in [-0.15, -0.1) is 0 Å². The molecule has 0 atom stereocenters. The molecule has 0 radical (unpaired) electrons. The third-order valence-electron chi connectivity index (χ3n) is 2.52. The van der Waals surface area contributed by atoms with Gasteiger partial charge in [-0.3, -0.25) is 9.79 Å². The predicted octanol–water partition coefficient (Wildman–Crippen LogP) is 3.21. The summed E-state index contributed by atoms with van der Waals surface area (Å²) in [5, 5.41) is 0. The summed E-state index contributed by atoms with van der Waals surface area (Å²) in [5.74, 6) is 0. The fraction of sp³-hybridized carbons (Fsp3) is 0.0667. The lowest BCUT2D eigenvalue weighted by atomic mass is 10.0. The molecule has 0 saturated heterocycles. The molecule has 2 nitrogen and oxygen atoms in total. The monoisotopic (exact) mass is 223 g/mol. The van der Waals surface area contributed by atoms with Gasteiger partial charge < -0.3 is 0 Å². The van der Waals surface area contributed by atoms with Crippen molar-refractivity contribution in [3.63, 3.8) is 0 Å². The maximum atomic E-state index is 10.7. The Morgan fingerprint density at radius 2 is 1.53 bits per heavy atom. The first-order chi connectivity index (χ1) is 8.33. The summed E-state index contributed by atoms with van der Waals surface area (Å²) in [6.45, 7) is 0. The number of nitrogens with zero attached hydrogens (tertiary/aromatic N) is 1. The molecule has 2 rings (SSSR count). The van der Waals surface area contributed by atoms with Gasteiger partial charge in [0.25, 0.3) is 0 Å². The van der Waals surface area contributed by atoms with Crippen LogP contribution in [0.5, 0.6) is 0 Å². The molecule has 17 heavy (non-hydrogen) atoms. The van der Waals surface area contributed by atoms with Crippen molar-refractivity contribution in [1.82, 2.24) is 0 Å². The van der Waals surface area contributed by atoms with Crippen molar-refractivity contribution in [1.29, 1.82) is 0 Å². The molecule has 0 unspecified atom stereocenters. The van der Waals surface area contributed by atoms with Crippen LogP contribution in [0.1, 0.15) is 15.9 Å². The summed E-state index contributed by atoms with van der Waals surface area (Å²) < 4.78 is 0. The Balaban J connectivity index is 2.44. The molecule has 0 spiro atoms. The van der Waals surface area contributed by atoms with Crippen LogP contribution < -0.4 is 0 Å². The first-order valence-corrected chi connectivity index (χ1v) is 5.41. The van der Waals surface area contributed by atoms with E-state index in [-0.39, 0.29) is 0 Å². The van der Waals surface area contributed by atoms with Crippen LogP contribution in [0, 0.1) is 0 Å². The average Bonchev–Trinajstić information content (AvgIpc) is 2.40. The molecular weight excluding hydrogens is 210 g/mol. The third-order valence-corrected chi connectivity index (χ3v) is 2.52. The number of aldehydes is 1. The summed E-state index contributed by atoms with van der Waals surface area (Å²) in [6.07, 6.45) is 2.67. The molecule has 0 aliphatic rings. The summed E-state index contributed by atoms with van der Waals surface area (Å²) >= 11 is 0. The number of hydrogen-bond acceptors (Lipinski definition) is 2. The Kier molecular flexibility index (Phi) is 3.46.